The lowest BCUT2D eigenvalue weighted by molar-refractivity contribution is 0.169. The highest BCUT2D eigenvalue weighted by molar-refractivity contribution is 4.87. The van der Waals surface area contributed by atoms with Gasteiger partial charge in [-0.25, -0.2) is 0 Å². The SMILES string of the molecule is CCC(CNC(C)(C)C)N1CC(C)CC1C. The van der Waals surface area contributed by atoms with Crippen LogP contribution >= 0.6 is 0 Å². The van der Waals surface area contributed by atoms with Gasteiger partial charge in [0.2, 0.25) is 0 Å². The summed E-state index contributed by atoms with van der Waals surface area (Å²) >= 11 is 0. The first kappa shape index (κ1) is 14.0. The predicted molar refractivity (Wildman–Crippen MR) is 71.8 cm³/mol. The quantitative estimate of drug-likeness (QED) is 0.793. The van der Waals surface area contributed by atoms with Crippen molar-refractivity contribution in [1.82, 2.24) is 10.2 Å². The fraction of sp³-hybridized carbons (Fsp3) is 1.00. The van der Waals surface area contributed by atoms with Crippen molar-refractivity contribution in [3.05, 3.63) is 0 Å². The van der Waals surface area contributed by atoms with Crippen LogP contribution in [-0.2, 0) is 0 Å². The number of likely N-dealkylation sites (tertiary alicyclic amines) is 1. The molecule has 96 valence electrons. The van der Waals surface area contributed by atoms with E-state index < -0.39 is 0 Å². The molecule has 1 aliphatic rings. The van der Waals surface area contributed by atoms with Crippen LogP contribution in [0, 0.1) is 5.92 Å². The number of hydrogen-bond acceptors (Lipinski definition) is 2. The molecule has 1 saturated heterocycles. The van der Waals surface area contributed by atoms with Crippen LogP contribution in [0.15, 0.2) is 0 Å². The van der Waals surface area contributed by atoms with Gasteiger partial charge in [0.15, 0.2) is 0 Å². The van der Waals surface area contributed by atoms with E-state index in [0.717, 1.165) is 18.5 Å². The minimum atomic E-state index is 0.238. The van der Waals surface area contributed by atoms with E-state index in [0.29, 0.717) is 6.04 Å². The van der Waals surface area contributed by atoms with Crippen molar-refractivity contribution < 1.29 is 0 Å². The number of nitrogens with one attached hydrogen (secondary N) is 1. The Morgan fingerprint density at radius 3 is 2.31 bits per heavy atom. The molecule has 2 heteroatoms. The molecule has 1 rings (SSSR count). The zero-order valence-electron chi connectivity index (χ0n) is 12.0. The summed E-state index contributed by atoms with van der Waals surface area (Å²) in [5, 5.41) is 3.64. The van der Waals surface area contributed by atoms with E-state index in [2.05, 4.69) is 51.8 Å². The predicted octanol–water partition coefficient (Wildman–Crippen LogP) is 2.88. The summed E-state index contributed by atoms with van der Waals surface area (Å²) in [7, 11) is 0. The molecule has 0 aromatic rings. The second-order valence-electron chi connectivity index (χ2n) is 6.58. The van der Waals surface area contributed by atoms with Gasteiger partial charge >= 0.3 is 0 Å². The Balaban J connectivity index is 2.48. The maximum absolute atomic E-state index is 3.64. The van der Waals surface area contributed by atoms with Gasteiger partial charge in [-0.15, -0.1) is 0 Å². The third-order valence-electron chi connectivity index (χ3n) is 3.64. The lowest BCUT2D eigenvalue weighted by atomic mass is 10.1. The van der Waals surface area contributed by atoms with E-state index in [1.807, 2.05) is 0 Å². The fourth-order valence-electron chi connectivity index (χ4n) is 2.76. The fourth-order valence-corrected chi connectivity index (χ4v) is 2.76. The molecule has 0 saturated carbocycles. The zero-order valence-corrected chi connectivity index (χ0v) is 12.0. The Morgan fingerprint density at radius 1 is 1.31 bits per heavy atom. The van der Waals surface area contributed by atoms with Crippen molar-refractivity contribution >= 4 is 0 Å². The molecule has 0 spiro atoms. The average Bonchev–Trinajstić information content (AvgIpc) is 2.45. The highest BCUT2D eigenvalue weighted by Gasteiger charge is 2.31. The molecule has 2 nitrogen and oxygen atoms in total. The van der Waals surface area contributed by atoms with Gasteiger partial charge in [0, 0.05) is 30.7 Å². The number of nitrogens with zero attached hydrogens (tertiary/aromatic N) is 1. The van der Waals surface area contributed by atoms with Crippen LogP contribution in [-0.4, -0.2) is 35.6 Å². The van der Waals surface area contributed by atoms with Crippen molar-refractivity contribution in [1.29, 1.82) is 0 Å². The average molecular weight is 226 g/mol. The Hall–Kier alpha value is -0.0800. The van der Waals surface area contributed by atoms with Crippen LogP contribution in [0.2, 0.25) is 0 Å². The molecule has 0 aliphatic carbocycles. The van der Waals surface area contributed by atoms with Gasteiger partial charge < -0.3 is 5.32 Å². The van der Waals surface area contributed by atoms with Crippen LogP contribution in [0.3, 0.4) is 0 Å². The number of rotatable bonds is 4. The molecular formula is C14H30N2. The molecule has 3 atom stereocenters. The Kier molecular flexibility index (Phi) is 4.81. The first-order valence-corrected chi connectivity index (χ1v) is 6.84. The zero-order chi connectivity index (χ0) is 12.3. The summed E-state index contributed by atoms with van der Waals surface area (Å²) in [6.07, 6.45) is 2.62. The molecule has 0 radical (unpaired) electrons. The van der Waals surface area contributed by atoms with Crippen LogP contribution in [0.4, 0.5) is 0 Å². The monoisotopic (exact) mass is 226 g/mol. The Labute approximate surface area is 102 Å². The lowest BCUT2D eigenvalue weighted by Gasteiger charge is -2.33. The first-order chi connectivity index (χ1) is 7.33. The molecule has 16 heavy (non-hydrogen) atoms. The molecule has 1 aliphatic heterocycles. The minimum Gasteiger partial charge on any atom is -0.311 e. The van der Waals surface area contributed by atoms with E-state index in [4.69, 9.17) is 0 Å². The lowest BCUT2D eigenvalue weighted by Crippen LogP contribution is -2.48. The van der Waals surface area contributed by atoms with Crippen molar-refractivity contribution in [3.63, 3.8) is 0 Å². The summed E-state index contributed by atoms with van der Waals surface area (Å²) in [5.41, 5.74) is 0.238. The van der Waals surface area contributed by atoms with E-state index in [1.165, 1.54) is 19.4 Å². The van der Waals surface area contributed by atoms with Gasteiger partial charge in [-0.1, -0.05) is 13.8 Å². The Morgan fingerprint density at radius 2 is 1.94 bits per heavy atom. The van der Waals surface area contributed by atoms with Crippen molar-refractivity contribution in [3.8, 4) is 0 Å². The van der Waals surface area contributed by atoms with E-state index in [1.54, 1.807) is 0 Å². The van der Waals surface area contributed by atoms with Crippen molar-refractivity contribution in [2.24, 2.45) is 5.92 Å². The molecular weight excluding hydrogens is 196 g/mol. The van der Waals surface area contributed by atoms with Crippen molar-refractivity contribution in [2.75, 3.05) is 13.1 Å². The highest BCUT2D eigenvalue weighted by Crippen LogP contribution is 2.25. The van der Waals surface area contributed by atoms with E-state index in [9.17, 15) is 0 Å². The molecule has 1 fully saturated rings. The topological polar surface area (TPSA) is 15.3 Å². The number of hydrogen-bond donors (Lipinski definition) is 1. The Bertz CT molecular complexity index is 207. The summed E-state index contributed by atoms with van der Waals surface area (Å²) in [6, 6.07) is 1.47. The third-order valence-corrected chi connectivity index (χ3v) is 3.64. The standard InChI is InChI=1S/C14H30N2/c1-7-13(9-15-14(4,5)6)16-10-11(2)8-12(16)3/h11-13,15H,7-10H2,1-6H3. The molecule has 1 N–H and O–H groups in total. The van der Waals surface area contributed by atoms with Gasteiger partial charge in [0.25, 0.3) is 0 Å². The summed E-state index contributed by atoms with van der Waals surface area (Å²) < 4.78 is 0. The first-order valence-electron chi connectivity index (χ1n) is 6.84. The van der Waals surface area contributed by atoms with Gasteiger partial charge in [-0.2, -0.15) is 0 Å². The molecule has 0 bridgehead atoms. The van der Waals surface area contributed by atoms with E-state index >= 15 is 0 Å². The molecule has 0 aromatic heterocycles. The smallest absolute Gasteiger partial charge is 0.0221 e. The van der Waals surface area contributed by atoms with Crippen LogP contribution < -0.4 is 5.32 Å². The van der Waals surface area contributed by atoms with E-state index in [-0.39, 0.29) is 5.54 Å². The second-order valence-corrected chi connectivity index (χ2v) is 6.58. The second kappa shape index (κ2) is 5.50. The van der Waals surface area contributed by atoms with Crippen LogP contribution in [0.25, 0.3) is 0 Å². The van der Waals surface area contributed by atoms with Gasteiger partial charge in [0.05, 0.1) is 0 Å². The van der Waals surface area contributed by atoms with Gasteiger partial charge in [0.1, 0.15) is 0 Å². The molecule has 1 heterocycles. The van der Waals surface area contributed by atoms with Crippen LogP contribution in [0.5, 0.6) is 0 Å². The summed E-state index contributed by atoms with van der Waals surface area (Å²) in [5.74, 6) is 0.874. The molecule has 0 amide bonds. The normalized spacial score (nSPS) is 29.6. The third kappa shape index (κ3) is 4.06. The summed E-state index contributed by atoms with van der Waals surface area (Å²) in [4.78, 5) is 2.70. The summed E-state index contributed by atoms with van der Waals surface area (Å²) in [6.45, 7) is 16.2. The maximum Gasteiger partial charge on any atom is 0.0221 e. The largest absolute Gasteiger partial charge is 0.311 e. The van der Waals surface area contributed by atoms with Crippen LogP contribution in [0.1, 0.15) is 54.4 Å². The minimum absolute atomic E-state index is 0.238. The van der Waals surface area contributed by atoms with Gasteiger partial charge in [-0.05, 0) is 46.5 Å². The molecule has 3 unspecified atom stereocenters. The van der Waals surface area contributed by atoms with Crippen molar-refractivity contribution in [2.45, 2.75) is 72.0 Å². The highest BCUT2D eigenvalue weighted by atomic mass is 15.2. The van der Waals surface area contributed by atoms with Gasteiger partial charge in [-0.3, -0.25) is 4.90 Å². The molecule has 0 aromatic carbocycles. The maximum atomic E-state index is 3.64.